The number of carbonyl (C=O) groups is 1. The van der Waals surface area contributed by atoms with Crippen molar-refractivity contribution in [3.63, 3.8) is 0 Å². The van der Waals surface area contributed by atoms with Gasteiger partial charge in [-0.2, -0.15) is 0 Å². The minimum absolute atomic E-state index is 0.0793. The molecule has 0 bridgehead atoms. The quantitative estimate of drug-likeness (QED) is 0.677. The predicted molar refractivity (Wildman–Crippen MR) is 97.4 cm³/mol. The fourth-order valence-electron chi connectivity index (χ4n) is 2.01. The molecule has 5 nitrogen and oxygen atoms in total. The van der Waals surface area contributed by atoms with E-state index in [1.165, 1.54) is 11.3 Å². The molecular weight excluding hydrogens is 390 g/mol. The highest BCUT2D eigenvalue weighted by Crippen LogP contribution is 2.19. The van der Waals surface area contributed by atoms with Crippen molar-refractivity contribution in [3.05, 3.63) is 69.6 Å². The molecule has 2 aromatic carbocycles. The van der Waals surface area contributed by atoms with E-state index in [0.717, 1.165) is 15.0 Å². The maximum atomic E-state index is 11.9. The van der Waals surface area contributed by atoms with Crippen LogP contribution in [0.15, 0.2) is 59.1 Å². The van der Waals surface area contributed by atoms with Gasteiger partial charge in [0.15, 0.2) is 6.61 Å². The van der Waals surface area contributed by atoms with Crippen LogP contribution in [-0.2, 0) is 11.2 Å². The van der Waals surface area contributed by atoms with Gasteiger partial charge in [-0.05, 0) is 23.8 Å². The van der Waals surface area contributed by atoms with E-state index in [-0.39, 0.29) is 12.5 Å². The SMILES string of the molecule is O=C(COc1cccc(Br)c1)Nc1nnc(Cc2ccccc2)s1. The summed E-state index contributed by atoms with van der Waals surface area (Å²) in [7, 11) is 0. The summed E-state index contributed by atoms with van der Waals surface area (Å²) in [5.41, 5.74) is 1.16. The van der Waals surface area contributed by atoms with Gasteiger partial charge in [-0.3, -0.25) is 10.1 Å². The number of halogens is 1. The van der Waals surface area contributed by atoms with Crippen LogP contribution in [0.4, 0.5) is 5.13 Å². The Morgan fingerprint density at radius 2 is 1.96 bits per heavy atom. The van der Waals surface area contributed by atoms with Gasteiger partial charge in [-0.1, -0.05) is 63.7 Å². The van der Waals surface area contributed by atoms with Gasteiger partial charge >= 0.3 is 0 Å². The fourth-order valence-corrected chi connectivity index (χ4v) is 3.18. The van der Waals surface area contributed by atoms with Crippen LogP contribution in [0.2, 0.25) is 0 Å². The molecule has 0 unspecified atom stereocenters. The van der Waals surface area contributed by atoms with Crippen molar-refractivity contribution in [2.75, 3.05) is 11.9 Å². The van der Waals surface area contributed by atoms with Gasteiger partial charge in [0, 0.05) is 10.9 Å². The zero-order chi connectivity index (χ0) is 16.8. The van der Waals surface area contributed by atoms with E-state index < -0.39 is 0 Å². The lowest BCUT2D eigenvalue weighted by Crippen LogP contribution is -2.20. The number of benzene rings is 2. The number of nitrogens with zero attached hydrogens (tertiary/aromatic N) is 2. The highest BCUT2D eigenvalue weighted by molar-refractivity contribution is 9.10. The Morgan fingerprint density at radius 1 is 1.12 bits per heavy atom. The van der Waals surface area contributed by atoms with Crippen molar-refractivity contribution in [1.29, 1.82) is 0 Å². The number of rotatable bonds is 6. The number of hydrogen-bond acceptors (Lipinski definition) is 5. The number of nitrogens with one attached hydrogen (secondary N) is 1. The van der Waals surface area contributed by atoms with Gasteiger partial charge in [0.05, 0.1) is 0 Å². The van der Waals surface area contributed by atoms with E-state index in [1.54, 1.807) is 12.1 Å². The van der Waals surface area contributed by atoms with Gasteiger partial charge in [0.1, 0.15) is 10.8 Å². The molecule has 0 aliphatic heterocycles. The zero-order valence-electron chi connectivity index (χ0n) is 12.6. The van der Waals surface area contributed by atoms with Crippen LogP contribution in [0.5, 0.6) is 5.75 Å². The van der Waals surface area contributed by atoms with Crippen LogP contribution in [0.1, 0.15) is 10.6 Å². The van der Waals surface area contributed by atoms with E-state index in [1.807, 2.05) is 42.5 Å². The van der Waals surface area contributed by atoms with Gasteiger partial charge < -0.3 is 4.74 Å². The summed E-state index contributed by atoms with van der Waals surface area (Å²) in [5.74, 6) is 0.360. The molecule has 0 aliphatic carbocycles. The third-order valence-corrected chi connectivity index (χ3v) is 4.41. The number of anilines is 1. The summed E-state index contributed by atoms with van der Waals surface area (Å²) in [6, 6.07) is 17.3. The molecule has 122 valence electrons. The summed E-state index contributed by atoms with van der Waals surface area (Å²) in [4.78, 5) is 11.9. The zero-order valence-corrected chi connectivity index (χ0v) is 15.0. The van der Waals surface area contributed by atoms with Crippen LogP contribution in [0, 0.1) is 0 Å². The number of ether oxygens (including phenoxy) is 1. The Morgan fingerprint density at radius 3 is 2.75 bits per heavy atom. The second-order valence-corrected chi connectivity index (χ2v) is 6.94. The Labute approximate surface area is 151 Å². The normalized spacial score (nSPS) is 10.4. The molecule has 0 saturated heterocycles. The van der Waals surface area contributed by atoms with Crippen molar-refractivity contribution in [2.45, 2.75) is 6.42 Å². The van der Waals surface area contributed by atoms with E-state index in [0.29, 0.717) is 17.3 Å². The lowest BCUT2D eigenvalue weighted by Gasteiger charge is -2.05. The molecule has 3 rings (SSSR count). The molecule has 0 aliphatic rings. The lowest BCUT2D eigenvalue weighted by atomic mass is 10.2. The lowest BCUT2D eigenvalue weighted by molar-refractivity contribution is -0.118. The maximum absolute atomic E-state index is 11.9. The molecule has 24 heavy (non-hydrogen) atoms. The molecule has 1 N–H and O–H groups in total. The Kier molecular flexibility index (Phi) is 5.55. The van der Waals surface area contributed by atoms with Crippen molar-refractivity contribution in [1.82, 2.24) is 10.2 Å². The highest BCUT2D eigenvalue weighted by atomic mass is 79.9. The summed E-state index contributed by atoms with van der Waals surface area (Å²) in [6.45, 7) is -0.0793. The smallest absolute Gasteiger partial charge is 0.264 e. The first kappa shape index (κ1) is 16.6. The van der Waals surface area contributed by atoms with Crippen molar-refractivity contribution >= 4 is 38.3 Å². The fraction of sp³-hybridized carbons (Fsp3) is 0.118. The average molecular weight is 404 g/mol. The van der Waals surface area contributed by atoms with E-state index in [4.69, 9.17) is 4.74 Å². The molecule has 3 aromatic rings. The Bertz CT molecular complexity index is 823. The highest BCUT2D eigenvalue weighted by Gasteiger charge is 2.09. The van der Waals surface area contributed by atoms with E-state index in [9.17, 15) is 4.79 Å². The van der Waals surface area contributed by atoms with Gasteiger partial charge in [0.2, 0.25) is 5.13 Å². The summed E-state index contributed by atoms with van der Waals surface area (Å²) in [5, 5.41) is 12.1. The summed E-state index contributed by atoms with van der Waals surface area (Å²) < 4.78 is 6.34. The first-order valence-corrected chi connectivity index (χ1v) is 8.84. The molecule has 0 fully saturated rings. The van der Waals surface area contributed by atoms with Crippen molar-refractivity contribution in [3.8, 4) is 5.75 Å². The molecule has 0 saturated carbocycles. The minimum atomic E-state index is -0.266. The molecule has 1 amide bonds. The van der Waals surface area contributed by atoms with Crippen molar-refractivity contribution < 1.29 is 9.53 Å². The first-order valence-electron chi connectivity index (χ1n) is 7.23. The number of aromatic nitrogens is 2. The molecule has 1 aromatic heterocycles. The van der Waals surface area contributed by atoms with Gasteiger partial charge in [0.25, 0.3) is 5.91 Å². The first-order chi connectivity index (χ1) is 11.7. The van der Waals surface area contributed by atoms with Crippen molar-refractivity contribution in [2.24, 2.45) is 0 Å². The second-order valence-electron chi connectivity index (χ2n) is 4.96. The summed E-state index contributed by atoms with van der Waals surface area (Å²) >= 11 is 4.72. The topological polar surface area (TPSA) is 64.1 Å². The minimum Gasteiger partial charge on any atom is -0.484 e. The Hall–Kier alpha value is -2.25. The van der Waals surface area contributed by atoms with Crippen LogP contribution < -0.4 is 10.1 Å². The second kappa shape index (κ2) is 8.03. The van der Waals surface area contributed by atoms with Gasteiger partial charge in [-0.25, -0.2) is 0 Å². The molecule has 0 atom stereocenters. The Balaban J connectivity index is 1.51. The number of hydrogen-bond donors (Lipinski definition) is 1. The standard InChI is InChI=1S/C17H14BrN3O2S/c18-13-7-4-8-14(10-13)23-11-15(22)19-17-21-20-16(24-17)9-12-5-2-1-3-6-12/h1-8,10H,9,11H2,(H,19,21,22). The molecule has 7 heteroatoms. The molecule has 0 radical (unpaired) electrons. The third kappa shape index (κ3) is 4.87. The van der Waals surface area contributed by atoms with E-state index >= 15 is 0 Å². The molecule has 0 spiro atoms. The van der Waals surface area contributed by atoms with Crippen LogP contribution in [-0.4, -0.2) is 22.7 Å². The number of amides is 1. The van der Waals surface area contributed by atoms with Crippen LogP contribution in [0.3, 0.4) is 0 Å². The average Bonchev–Trinajstić information content (AvgIpc) is 3.01. The molecular formula is C17H14BrN3O2S. The van der Waals surface area contributed by atoms with Crippen LogP contribution >= 0.6 is 27.3 Å². The van der Waals surface area contributed by atoms with Crippen LogP contribution in [0.25, 0.3) is 0 Å². The number of carbonyl (C=O) groups excluding carboxylic acids is 1. The maximum Gasteiger partial charge on any atom is 0.264 e. The summed E-state index contributed by atoms with van der Waals surface area (Å²) in [6.07, 6.45) is 0.697. The monoisotopic (exact) mass is 403 g/mol. The largest absolute Gasteiger partial charge is 0.484 e. The van der Waals surface area contributed by atoms with Gasteiger partial charge in [-0.15, -0.1) is 10.2 Å². The molecule has 1 heterocycles. The predicted octanol–water partition coefficient (Wildman–Crippen LogP) is 3.91. The van der Waals surface area contributed by atoms with E-state index in [2.05, 4.69) is 31.4 Å². The third-order valence-electron chi connectivity index (χ3n) is 3.08.